The van der Waals surface area contributed by atoms with Crippen molar-refractivity contribution in [1.82, 2.24) is 4.90 Å². The van der Waals surface area contributed by atoms with Crippen molar-refractivity contribution in [2.24, 2.45) is 0 Å². The summed E-state index contributed by atoms with van der Waals surface area (Å²) in [6.07, 6.45) is -2.51. The van der Waals surface area contributed by atoms with Gasteiger partial charge in [0.25, 0.3) is 6.43 Å². The zero-order valence-corrected chi connectivity index (χ0v) is 10.7. The van der Waals surface area contributed by atoms with Gasteiger partial charge in [-0.05, 0) is 32.5 Å². The molecular formula is C13H17F2NO2. The number of carbonyl (C=O) groups is 1. The Morgan fingerprint density at radius 2 is 2.06 bits per heavy atom. The number of benzene rings is 1. The van der Waals surface area contributed by atoms with Gasteiger partial charge >= 0.3 is 5.97 Å². The summed E-state index contributed by atoms with van der Waals surface area (Å²) in [5.74, 6) is -0.949. The zero-order chi connectivity index (χ0) is 13.9. The summed E-state index contributed by atoms with van der Waals surface area (Å²) in [4.78, 5) is 12.7. The summed E-state index contributed by atoms with van der Waals surface area (Å²) < 4.78 is 25.1. The Morgan fingerprint density at radius 1 is 1.44 bits per heavy atom. The van der Waals surface area contributed by atoms with Gasteiger partial charge in [-0.15, -0.1) is 0 Å². The SMILES string of the molecule is CN(Cc1cccc(C(F)F)c1)C(C)(C)C(=O)O. The molecule has 0 saturated carbocycles. The number of carboxylic acid groups (broad SMARTS) is 1. The van der Waals surface area contributed by atoms with Gasteiger partial charge in [0, 0.05) is 12.1 Å². The Labute approximate surface area is 105 Å². The lowest BCUT2D eigenvalue weighted by molar-refractivity contribution is -0.148. The highest BCUT2D eigenvalue weighted by Gasteiger charge is 2.31. The fraction of sp³-hybridized carbons (Fsp3) is 0.462. The monoisotopic (exact) mass is 257 g/mol. The van der Waals surface area contributed by atoms with Gasteiger partial charge in [0.1, 0.15) is 5.54 Å². The highest BCUT2D eigenvalue weighted by molar-refractivity contribution is 5.77. The first-order valence-corrected chi connectivity index (χ1v) is 5.56. The van der Waals surface area contributed by atoms with Crippen LogP contribution in [0.25, 0.3) is 0 Å². The van der Waals surface area contributed by atoms with Crippen molar-refractivity contribution in [3.05, 3.63) is 35.4 Å². The molecule has 0 aliphatic heterocycles. The van der Waals surface area contributed by atoms with Gasteiger partial charge in [-0.25, -0.2) is 8.78 Å². The first-order chi connectivity index (χ1) is 8.25. The van der Waals surface area contributed by atoms with Crippen molar-refractivity contribution >= 4 is 5.97 Å². The van der Waals surface area contributed by atoms with Gasteiger partial charge < -0.3 is 5.11 Å². The Bertz CT molecular complexity index is 433. The molecule has 0 unspecified atom stereocenters. The maximum absolute atomic E-state index is 12.5. The van der Waals surface area contributed by atoms with Gasteiger partial charge in [0.2, 0.25) is 0 Å². The van der Waals surface area contributed by atoms with Crippen molar-refractivity contribution in [2.75, 3.05) is 7.05 Å². The molecular weight excluding hydrogens is 240 g/mol. The lowest BCUT2D eigenvalue weighted by Gasteiger charge is -2.31. The predicted molar refractivity (Wildman–Crippen MR) is 64.6 cm³/mol. The largest absolute Gasteiger partial charge is 0.480 e. The molecule has 0 aliphatic carbocycles. The lowest BCUT2D eigenvalue weighted by atomic mass is 10.0. The number of halogens is 2. The van der Waals surface area contributed by atoms with E-state index in [0.717, 1.165) is 0 Å². The molecule has 0 aliphatic rings. The highest BCUT2D eigenvalue weighted by atomic mass is 19.3. The first kappa shape index (κ1) is 14.6. The van der Waals surface area contributed by atoms with E-state index >= 15 is 0 Å². The van der Waals surface area contributed by atoms with Crippen LogP contribution in [0.2, 0.25) is 0 Å². The van der Waals surface area contributed by atoms with Crippen molar-refractivity contribution in [1.29, 1.82) is 0 Å². The van der Waals surface area contributed by atoms with Gasteiger partial charge in [0.05, 0.1) is 0 Å². The average Bonchev–Trinajstić information content (AvgIpc) is 2.28. The maximum Gasteiger partial charge on any atom is 0.323 e. The number of hydrogen-bond donors (Lipinski definition) is 1. The summed E-state index contributed by atoms with van der Waals surface area (Å²) in [6.45, 7) is 3.46. The second kappa shape index (κ2) is 5.44. The normalized spacial score (nSPS) is 12.2. The third-order valence-electron chi connectivity index (χ3n) is 3.10. The number of carboxylic acids is 1. The third-order valence-corrected chi connectivity index (χ3v) is 3.10. The average molecular weight is 257 g/mol. The lowest BCUT2D eigenvalue weighted by Crippen LogP contribution is -2.47. The van der Waals surface area contributed by atoms with Crippen molar-refractivity contribution in [3.8, 4) is 0 Å². The minimum absolute atomic E-state index is 0.0472. The van der Waals surface area contributed by atoms with Crippen LogP contribution in [0, 0.1) is 0 Å². The van der Waals surface area contributed by atoms with Crippen LogP contribution in [-0.2, 0) is 11.3 Å². The van der Waals surface area contributed by atoms with E-state index in [1.165, 1.54) is 12.1 Å². The topological polar surface area (TPSA) is 40.5 Å². The van der Waals surface area contributed by atoms with Crippen LogP contribution in [0.15, 0.2) is 24.3 Å². The van der Waals surface area contributed by atoms with E-state index in [0.29, 0.717) is 12.1 Å². The standard InChI is InChI=1S/C13H17F2NO2/c1-13(2,12(17)18)16(3)8-9-5-4-6-10(7-9)11(14)15/h4-7,11H,8H2,1-3H3,(H,17,18). The first-order valence-electron chi connectivity index (χ1n) is 5.56. The summed E-state index contributed by atoms with van der Waals surface area (Å²) in [6, 6.07) is 6.02. The number of rotatable bonds is 5. The van der Waals surface area contributed by atoms with E-state index in [2.05, 4.69) is 0 Å². The van der Waals surface area contributed by atoms with Crippen molar-refractivity contribution < 1.29 is 18.7 Å². The molecule has 1 aromatic carbocycles. The molecule has 0 amide bonds. The number of hydrogen-bond acceptors (Lipinski definition) is 2. The second-order valence-electron chi connectivity index (χ2n) is 4.77. The fourth-order valence-electron chi connectivity index (χ4n) is 1.46. The molecule has 0 aromatic heterocycles. The second-order valence-corrected chi connectivity index (χ2v) is 4.77. The minimum Gasteiger partial charge on any atom is -0.480 e. The molecule has 0 atom stereocenters. The molecule has 1 N–H and O–H groups in total. The molecule has 0 spiro atoms. The predicted octanol–water partition coefficient (Wildman–Crippen LogP) is 2.92. The molecule has 0 heterocycles. The highest BCUT2D eigenvalue weighted by Crippen LogP contribution is 2.21. The zero-order valence-electron chi connectivity index (χ0n) is 10.7. The van der Waals surface area contributed by atoms with E-state index in [1.807, 2.05) is 0 Å². The third kappa shape index (κ3) is 3.26. The van der Waals surface area contributed by atoms with Crippen molar-refractivity contribution in [3.63, 3.8) is 0 Å². The smallest absolute Gasteiger partial charge is 0.323 e. The van der Waals surface area contributed by atoms with Crippen LogP contribution in [-0.4, -0.2) is 28.6 Å². The van der Waals surface area contributed by atoms with Gasteiger partial charge in [-0.2, -0.15) is 0 Å². The van der Waals surface area contributed by atoms with E-state index in [4.69, 9.17) is 5.11 Å². The summed E-state index contributed by atoms with van der Waals surface area (Å²) in [5, 5.41) is 9.07. The molecule has 5 heteroatoms. The van der Waals surface area contributed by atoms with E-state index in [-0.39, 0.29) is 5.56 Å². The van der Waals surface area contributed by atoms with Crippen molar-refractivity contribution in [2.45, 2.75) is 32.4 Å². The molecule has 18 heavy (non-hydrogen) atoms. The Kier molecular flexibility index (Phi) is 4.40. The van der Waals surface area contributed by atoms with Crippen LogP contribution >= 0.6 is 0 Å². The van der Waals surface area contributed by atoms with Crippen LogP contribution in [0.5, 0.6) is 0 Å². The number of aliphatic carboxylic acids is 1. The Morgan fingerprint density at radius 3 is 2.56 bits per heavy atom. The molecule has 0 saturated heterocycles. The van der Waals surface area contributed by atoms with Crippen LogP contribution in [0.3, 0.4) is 0 Å². The molecule has 3 nitrogen and oxygen atoms in total. The molecule has 0 radical (unpaired) electrons. The van der Waals surface area contributed by atoms with E-state index in [1.54, 1.807) is 37.9 Å². The molecule has 0 bridgehead atoms. The van der Waals surface area contributed by atoms with Gasteiger partial charge in [0.15, 0.2) is 0 Å². The Balaban J connectivity index is 2.85. The van der Waals surface area contributed by atoms with Gasteiger partial charge in [-0.3, -0.25) is 9.69 Å². The molecule has 0 fully saturated rings. The molecule has 1 aromatic rings. The number of alkyl halides is 2. The van der Waals surface area contributed by atoms with Crippen LogP contribution in [0.1, 0.15) is 31.4 Å². The van der Waals surface area contributed by atoms with Gasteiger partial charge in [-0.1, -0.05) is 18.2 Å². The molecule has 1 rings (SSSR count). The van der Waals surface area contributed by atoms with E-state index < -0.39 is 17.9 Å². The number of likely N-dealkylation sites (N-methyl/N-ethyl adjacent to an activating group) is 1. The van der Waals surface area contributed by atoms with Crippen LogP contribution < -0.4 is 0 Å². The van der Waals surface area contributed by atoms with E-state index in [9.17, 15) is 13.6 Å². The molecule has 100 valence electrons. The summed E-state index contributed by atoms with van der Waals surface area (Å²) in [5.41, 5.74) is -0.417. The van der Waals surface area contributed by atoms with Crippen LogP contribution in [0.4, 0.5) is 8.78 Å². The Hall–Kier alpha value is -1.49. The minimum atomic E-state index is -2.51. The quantitative estimate of drug-likeness (QED) is 0.881. The fourth-order valence-corrected chi connectivity index (χ4v) is 1.46. The summed E-state index contributed by atoms with van der Waals surface area (Å²) >= 11 is 0. The maximum atomic E-state index is 12.5. The number of nitrogens with zero attached hydrogens (tertiary/aromatic N) is 1. The summed E-state index contributed by atoms with van der Waals surface area (Å²) in [7, 11) is 1.66.